The van der Waals surface area contributed by atoms with Crippen LogP contribution in [0.2, 0.25) is 0 Å². The van der Waals surface area contributed by atoms with Crippen molar-refractivity contribution < 1.29 is 14.3 Å². The molecule has 1 aromatic carbocycles. The normalized spacial score (nSPS) is 17.8. The lowest BCUT2D eigenvalue weighted by Gasteiger charge is -2.33. The number of ether oxygens (including phenoxy) is 2. The molecule has 1 saturated heterocycles. The molecule has 3 rings (SSSR count). The summed E-state index contributed by atoms with van der Waals surface area (Å²) in [7, 11) is 1.35. The molecule has 1 atom stereocenters. The highest BCUT2D eigenvalue weighted by molar-refractivity contribution is 5.87. The summed E-state index contributed by atoms with van der Waals surface area (Å²) in [5, 5.41) is 0. The third-order valence-corrected chi connectivity index (χ3v) is 3.76. The molecule has 1 aromatic heterocycles. The van der Waals surface area contributed by atoms with Gasteiger partial charge < -0.3 is 14.4 Å². The number of aryl methyl sites for hydroxylation is 1. The number of rotatable bonds is 3. The quantitative estimate of drug-likeness (QED) is 0.809. The Morgan fingerprint density at radius 1 is 1.30 bits per heavy atom. The summed E-state index contributed by atoms with van der Waals surface area (Å²) in [6.45, 7) is 3.76. The Balaban J connectivity index is 1.84. The SMILES string of the molecule is COC(=O)c1cc(C)nc(N2CCO[C@@H](c3ccccc3)C2)n1. The maximum Gasteiger partial charge on any atom is 0.356 e. The molecule has 120 valence electrons. The first-order valence-electron chi connectivity index (χ1n) is 7.53. The first-order valence-corrected chi connectivity index (χ1v) is 7.53. The van der Waals surface area contributed by atoms with Gasteiger partial charge in [-0.05, 0) is 18.6 Å². The molecule has 2 heterocycles. The van der Waals surface area contributed by atoms with E-state index in [0.717, 1.165) is 11.3 Å². The van der Waals surface area contributed by atoms with Gasteiger partial charge in [0, 0.05) is 12.2 Å². The van der Waals surface area contributed by atoms with Gasteiger partial charge in [0.25, 0.3) is 0 Å². The number of carbonyl (C=O) groups excluding carboxylic acids is 1. The van der Waals surface area contributed by atoms with Crippen molar-refractivity contribution in [2.24, 2.45) is 0 Å². The van der Waals surface area contributed by atoms with Crippen molar-refractivity contribution in [1.82, 2.24) is 9.97 Å². The van der Waals surface area contributed by atoms with Crippen molar-refractivity contribution in [3.63, 3.8) is 0 Å². The summed E-state index contributed by atoms with van der Waals surface area (Å²) < 4.78 is 10.6. The average molecular weight is 313 g/mol. The molecule has 1 fully saturated rings. The van der Waals surface area contributed by atoms with Gasteiger partial charge in [0.1, 0.15) is 6.10 Å². The zero-order valence-corrected chi connectivity index (χ0v) is 13.2. The Bertz CT molecular complexity index is 691. The van der Waals surface area contributed by atoms with Gasteiger partial charge in [-0.3, -0.25) is 0 Å². The predicted octanol–water partition coefficient (Wildman–Crippen LogP) is 2.15. The molecule has 0 bridgehead atoms. The minimum atomic E-state index is -0.454. The highest BCUT2D eigenvalue weighted by Crippen LogP contribution is 2.24. The van der Waals surface area contributed by atoms with E-state index in [9.17, 15) is 4.79 Å². The van der Waals surface area contributed by atoms with Crippen molar-refractivity contribution >= 4 is 11.9 Å². The van der Waals surface area contributed by atoms with E-state index in [1.165, 1.54) is 7.11 Å². The van der Waals surface area contributed by atoms with Crippen molar-refractivity contribution in [3.05, 3.63) is 53.3 Å². The third-order valence-electron chi connectivity index (χ3n) is 3.76. The average Bonchev–Trinajstić information content (AvgIpc) is 2.61. The van der Waals surface area contributed by atoms with Crippen LogP contribution < -0.4 is 4.90 Å². The highest BCUT2D eigenvalue weighted by atomic mass is 16.5. The number of hydrogen-bond donors (Lipinski definition) is 0. The topological polar surface area (TPSA) is 64.5 Å². The third kappa shape index (κ3) is 3.48. The molecule has 6 nitrogen and oxygen atoms in total. The molecular formula is C17H19N3O3. The number of aromatic nitrogens is 2. The van der Waals surface area contributed by atoms with Gasteiger partial charge in [-0.25, -0.2) is 14.8 Å². The summed E-state index contributed by atoms with van der Waals surface area (Å²) >= 11 is 0. The maximum absolute atomic E-state index is 11.7. The van der Waals surface area contributed by atoms with Gasteiger partial charge in [-0.15, -0.1) is 0 Å². The molecule has 0 spiro atoms. The van der Waals surface area contributed by atoms with Crippen LogP contribution in [-0.4, -0.2) is 42.7 Å². The molecule has 0 unspecified atom stereocenters. The monoisotopic (exact) mass is 313 g/mol. The zero-order valence-electron chi connectivity index (χ0n) is 13.2. The number of anilines is 1. The van der Waals surface area contributed by atoms with Crippen LogP contribution in [0.4, 0.5) is 5.95 Å². The van der Waals surface area contributed by atoms with Gasteiger partial charge in [0.15, 0.2) is 5.69 Å². The molecule has 0 aliphatic carbocycles. The molecule has 23 heavy (non-hydrogen) atoms. The highest BCUT2D eigenvalue weighted by Gasteiger charge is 2.24. The molecule has 1 aliphatic heterocycles. The fourth-order valence-corrected chi connectivity index (χ4v) is 2.60. The summed E-state index contributed by atoms with van der Waals surface area (Å²) in [4.78, 5) is 22.6. The van der Waals surface area contributed by atoms with Crippen molar-refractivity contribution in [2.45, 2.75) is 13.0 Å². The first kappa shape index (κ1) is 15.4. The van der Waals surface area contributed by atoms with E-state index < -0.39 is 5.97 Å². The second-order valence-electron chi connectivity index (χ2n) is 5.40. The smallest absolute Gasteiger partial charge is 0.356 e. The van der Waals surface area contributed by atoms with Crippen LogP contribution in [0.1, 0.15) is 27.8 Å². The maximum atomic E-state index is 11.7. The summed E-state index contributed by atoms with van der Waals surface area (Å²) in [6.07, 6.45) is -0.0318. The fraction of sp³-hybridized carbons (Fsp3) is 0.353. The van der Waals surface area contributed by atoms with E-state index in [-0.39, 0.29) is 11.8 Å². The van der Waals surface area contributed by atoms with Gasteiger partial charge in [-0.2, -0.15) is 0 Å². The molecular weight excluding hydrogens is 294 g/mol. The Morgan fingerprint density at radius 2 is 2.09 bits per heavy atom. The second kappa shape index (κ2) is 6.75. The molecule has 1 aliphatic rings. The van der Waals surface area contributed by atoms with E-state index in [2.05, 4.69) is 9.97 Å². The predicted molar refractivity (Wildman–Crippen MR) is 85.5 cm³/mol. The number of morpholine rings is 1. The zero-order chi connectivity index (χ0) is 16.2. The molecule has 0 N–H and O–H groups in total. The molecule has 0 radical (unpaired) electrons. The Kier molecular flexibility index (Phi) is 4.52. The molecule has 6 heteroatoms. The van der Waals surface area contributed by atoms with Crippen LogP contribution in [0, 0.1) is 6.92 Å². The fourth-order valence-electron chi connectivity index (χ4n) is 2.60. The number of nitrogens with zero attached hydrogens (tertiary/aromatic N) is 3. The van der Waals surface area contributed by atoms with E-state index >= 15 is 0 Å². The standard InChI is InChI=1S/C17H19N3O3/c1-12-10-14(16(21)22-2)19-17(18-12)20-8-9-23-15(11-20)13-6-4-3-5-7-13/h3-7,10,15H,8-9,11H2,1-2H3/t15-/m1/s1. The largest absolute Gasteiger partial charge is 0.464 e. The summed E-state index contributed by atoms with van der Waals surface area (Å²) in [5.74, 6) is 0.0826. The minimum Gasteiger partial charge on any atom is -0.464 e. The number of benzene rings is 1. The lowest BCUT2D eigenvalue weighted by atomic mass is 10.1. The second-order valence-corrected chi connectivity index (χ2v) is 5.40. The van der Waals surface area contributed by atoms with Crippen molar-refractivity contribution in [3.8, 4) is 0 Å². The van der Waals surface area contributed by atoms with Crippen LogP contribution >= 0.6 is 0 Å². The Morgan fingerprint density at radius 3 is 2.83 bits per heavy atom. The lowest BCUT2D eigenvalue weighted by molar-refractivity contribution is 0.0392. The van der Waals surface area contributed by atoms with Crippen LogP contribution in [0.5, 0.6) is 0 Å². The summed E-state index contributed by atoms with van der Waals surface area (Å²) in [5.41, 5.74) is 2.13. The van der Waals surface area contributed by atoms with Crippen LogP contribution in [0.3, 0.4) is 0 Å². The molecule has 2 aromatic rings. The number of esters is 1. The number of carbonyl (C=O) groups is 1. The molecule has 0 amide bonds. The molecule has 0 saturated carbocycles. The van der Waals surface area contributed by atoms with Gasteiger partial charge >= 0.3 is 5.97 Å². The number of hydrogen-bond acceptors (Lipinski definition) is 6. The van der Waals surface area contributed by atoms with Crippen LogP contribution in [-0.2, 0) is 9.47 Å². The number of methoxy groups -OCH3 is 1. The van der Waals surface area contributed by atoms with Gasteiger partial charge in [0.2, 0.25) is 5.95 Å². The Labute approximate surface area is 135 Å². The van der Waals surface area contributed by atoms with Crippen LogP contribution in [0.15, 0.2) is 36.4 Å². The summed E-state index contributed by atoms with van der Waals surface area (Å²) in [6, 6.07) is 11.7. The van der Waals surface area contributed by atoms with E-state index in [1.807, 2.05) is 42.2 Å². The van der Waals surface area contributed by atoms with Crippen molar-refractivity contribution in [1.29, 1.82) is 0 Å². The van der Waals surface area contributed by atoms with E-state index in [4.69, 9.17) is 9.47 Å². The first-order chi connectivity index (χ1) is 11.2. The van der Waals surface area contributed by atoms with Crippen molar-refractivity contribution in [2.75, 3.05) is 31.7 Å². The van der Waals surface area contributed by atoms with E-state index in [1.54, 1.807) is 6.07 Å². The van der Waals surface area contributed by atoms with Crippen LogP contribution in [0.25, 0.3) is 0 Å². The van der Waals surface area contributed by atoms with Gasteiger partial charge in [0.05, 0.1) is 20.3 Å². The van der Waals surface area contributed by atoms with E-state index in [0.29, 0.717) is 25.6 Å². The lowest BCUT2D eigenvalue weighted by Crippen LogP contribution is -2.39. The Hall–Kier alpha value is -2.47. The van der Waals surface area contributed by atoms with Gasteiger partial charge in [-0.1, -0.05) is 30.3 Å². The minimum absolute atomic E-state index is 0.0318.